The van der Waals surface area contributed by atoms with Gasteiger partial charge in [0.25, 0.3) is 0 Å². The minimum Gasteiger partial charge on any atom is -0.315 e. The predicted octanol–water partition coefficient (Wildman–Crippen LogP) is 3.66. The first-order valence-electron chi connectivity index (χ1n) is 6.26. The highest BCUT2D eigenvalue weighted by Gasteiger charge is 2.22. The van der Waals surface area contributed by atoms with Crippen LogP contribution < -0.4 is 5.32 Å². The van der Waals surface area contributed by atoms with Gasteiger partial charge in [0.15, 0.2) is 0 Å². The molecule has 0 radical (unpaired) electrons. The second kappa shape index (κ2) is 5.49. The first-order chi connectivity index (χ1) is 7.45. The predicted molar refractivity (Wildman–Crippen MR) is 72.0 cm³/mol. The van der Waals surface area contributed by atoms with Crippen LogP contribution in [0.4, 0.5) is 0 Å². The van der Waals surface area contributed by atoms with Crippen molar-refractivity contribution in [3.63, 3.8) is 0 Å². The fourth-order valence-corrected chi connectivity index (χ4v) is 2.37. The largest absolute Gasteiger partial charge is 0.315 e. The average molecular weight is 219 g/mol. The highest BCUT2D eigenvalue weighted by Crippen LogP contribution is 2.28. The van der Waals surface area contributed by atoms with E-state index >= 15 is 0 Å². The summed E-state index contributed by atoms with van der Waals surface area (Å²) in [5.41, 5.74) is 3.03. The van der Waals surface area contributed by atoms with Crippen molar-refractivity contribution in [3.05, 3.63) is 35.4 Å². The van der Waals surface area contributed by atoms with Gasteiger partial charge in [-0.05, 0) is 37.8 Å². The quantitative estimate of drug-likeness (QED) is 0.797. The lowest BCUT2D eigenvalue weighted by molar-refractivity contribution is 0.394. The second-order valence-corrected chi connectivity index (χ2v) is 5.42. The SMILES string of the molecule is CCNC(C)CC(C)(C)c1cccc(C)c1. The molecule has 0 amide bonds. The van der Waals surface area contributed by atoms with Crippen LogP contribution in [0.2, 0.25) is 0 Å². The number of aryl methyl sites for hydroxylation is 1. The van der Waals surface area contributed by atoms with E-state index in [2.05, 4.69) is 64.2 Å². The maximum absolute atomic E-state index is 3.49. The van der Waals surface area contributed by atoms with Gasteiger partial charge in [-0.1, -0.05) is 50.6 Å². The van der Waals surface area contributed by atoms with E-state index in [-0.39, 0.29) is 5.41 Å². The molecular weight excluding hydrogens is 194 g/mol. The molecule has 1 unspecified atom stereocenters. The van der Waals surface area contributed by atoms with Gasteiger partial charge in [-0.15, -0.1) is 0 Å². The van der Waals surface area contributed by atoms with Gasteiger partial charge >= 0.3 is 0 Å². The summed E-state index contributed by atoms with van der Waals surface area (Å²) in [4.78, 5) is 0. The molecule has 0 aliphatic rings. The van der Waals surface area contributed by atoms with Gasteiger partial charge in [-0.25, -0.2) is 0 Å². The van der Waals surface area contributed by atoms with Crippen LogP contribution in [0.25, 0.3) is 0 Å². The molecule has 16 heavy (non-hydrogen) atoms. The molecule has 1 rings (SSSR count). The molecule has 0 aliphatic heterocycles. The van der Waals surface area contributed by atoms with Crippen LogP contribution in [0.1, 0.15) is 45.2 Å². The molecule has 1 atom stereocenters. The molecule has 0 bridgehead atoms. The highest BCUT2D eigenvalue weighted by molar-refractivity contribution is 5.28. The molecule has 0 spiro atoms. The van der Waals surface area contributed by atoms with Crippen LogP contribution in [0.5, 0.6) is 0 Å². The lowest BCUT2D eigenvalue weighted by Gasteiger charge is -2.29. The molecule has 0 fully saturated rings. The number of hydrogen-bond donors (Lipinski definition) is 1. The molecule has 1 N–H and O–H groups in total. The van der Waals surface area contributed by atoms with Crippen molar-refractivity contribution in [1.29, 1.82) is 0 Å². The van der Waals surface area contributed by atoms with Crippen molar-refractivity contribution in [2.45, 2.75) is 52.5 Å². The highest BCUT2D eigenvalue weighted by atomic mass is 14.9. The van der Waals surface area contributed by atoms with Crippen molar-refractivity contribution < 1.29 is 0 Å². The van der Waals surface area contributed by atoms with Crippen molar-refractivity contribution in [1.82, 2.24) is 5.32 Å². The first kappa shape index (κ1) is 13.2. The van der Waals surface area contributed by atoms with Crippen molar-refractivity contribution in [2.75, 3.05) is 6.54 Å². The molecule has 0 saturated carbocycles. The fraction of sp³-hybridized carbons (Fsp3) is 0.600. The third kappa shape index (κ3) is 3.64. The van der Waals surface area contributed by atoms with E-state index in [4.69, 9.17) is 0 Å². The minimum atomic E-state index is 0.244. The normalized spacial score (nSPS) is 13.8. The Kier molecular flexibility index (Phi) is 4.55. The third-order valence-corrected chi connectivity index (χ3v) is 3.17. The minimum absolute atomic E-state index is 0.244. The first-order valence-corrected chi connectivity index (χ1v) is 6.26. The molecule has 1 nitrogen and oxygen atoms in total. The topological polar surface area (TPSA) is 12.0 Å². The van der Waals surface area contributed by atoms with Gasteiger partial charge in [0, 0.05) is 6.04 Å². The van der Waals surface area contributed by atoms with E-state index in [0.717, 1.165) is 6.54 Å². The van der Waals surface area contributed by atoms with Gasteiger partial charge in [0.1, 0.15) is 0 Å². The molecular formula is C15H25N. The van der Waals surface area contributed by atoms with Crippen LogP contribution in [0, 0.1) is 6.92 Å². The molecule has 0 heterocycles. The molecule has 90 valence electrons. The summed E-state index contributed by atoms with van der Waals surface area (Å²) in [5.74, 6) is 0. The van der Waals surface area contributed by atoms with Crippen LogP contribution in [-0.4, -0.2) is 12.6 Å². The average Bonchev–Trinajstić information content (AvgIpc) is 2.17. The number of nitrogens with one attached hydrogen (secondary N) is 1. The van der Waals surface area contributed by atoms with Gasteiger partial charge in [0.2, 0.25) is 0 Å². The van der Waals surface area contributed by atoms with Gasteiger partial charge < -0.3 is 5.32 Å². The van der Waals surface area contributed by atoms with E-state index in [1.807, 2.05) is 0 Å². The Morgan fingerprint density at radius 2 is 2.00 bits per heavy atom. The second-order valence-electron chi connectivity index (χ2n) is 5.42. The maximum atomic E-state index is 3.49. The Morgan fingerprint density at radius 1 is 1.31 bits per heavy atom. The van der Waals surface area contributed by atoms with Crippen LogP contribution in [0.15, 0.2) is 24.3 Å². The Balaban J connectivity index is 2.76. The number of rotatable bonds is 5. The summed E-state index contributed by atoms with van der Waals surface area (Å²) in [6.07, 6.45) is 1.17. The molecule has 1 aromatic rings. The van der Waals surface area contributed by atoms with Crippen LogP contribution >= 0.6 is 0 Å². The molecule has 0 saturated heterocycles. The zero-order valence-electron chi connectivity index (χ0n) is 11.3. The lowest BCUT2D eigenvalue weighted by atomic mass is 9.79. The van der Waals surface area contributed by atoms with Crippen molar-refractivity contribution in [3.8, 4) is 0 Å². The van der Waals surface area contributed by atoms with E-state index < -0.39 is 0 Å². The third-order valence-electron chi connectivity index (χ3n) is 3.17. The van der Waals surface area contributed by atoms with Crippen LogP contribution in [0.3, 0.4) is 0 Å². The lowest BCUT2D eigenvalue weighted by Crippen LogP contribution is -2.33. The molecule has 1 heteroatoms. The molecule has 0 aliphatic carbocycles. The fourth-order valence-electron chi connectivity index (χ4n) is 2.37. The number of benzene rings is 1. The van der Waals surface area contributed by atoms with Crippen molar-refractivity contribution >= 4 is 0 Å². The Hall–Kier alpha value is -0.820. The zero-order chi connectivity index (χ0) is 12.2. The maximum Gasteiger partial charge on any atom is 0.00468 e. The smallest absolute Gasteiger partial charge is 0.00468 e. The van der Waals surface area contributed by atoms with Crippen LogP contribution in [-0.2, 0) is 5.41 Å². The van der Waals surface area contributed by atoms with Gasteiger partial charge in [-0.3, -0.25) is 0 Å². The zero-order valence-corrected chi connectivity index (χ0v) is 11.3. The summed E-state index contributed by atoms with van der Waals surface area (Å²) in [7, 11) is 0. The standard InChI is InChI=1S/C15H25N/c1-6-16-13(3)11-15(4,5)14-9-7-8-12(2)10-14/h7-10,13,16H,6,11H2,1-5H3. The van der Waals surface area contributed by atoms with E-state index in [9.17, 15) is 0 Å². The van der Waals surface area contributed by atoms with Gasteiger partial charge in [-0.2, -0.15) is 0 Å². The van der Waals surface area contributed by atoms with Crippen molar-refractivity contribution in [2.24, 2.45) is 0 Å². The summed E-state index contributed by atoms with van der Waals surface area (Å²) >= 11 is 0. The summed E-state index contributed by atoms with van der Waals surface area (Å²) < 4.78 is 0. The van der Waals surface area contributed by atoms with E-state index in [1.54, 1.807) is 0 Å². The molecule has 0 aromatic heterocycles. The van der Waals surface area contributed by atoms with E-state index in [0.29, 0.717) is 6.04 Å². The Labute approximate surface area is 100 Å². The summed E-state index contributed by atoms with van der Waals surface area (Å²) in [5, 5.41) is 3.49. The Morgan fingerprint density at radius 3 is 2.56 bits per heavy atom. The summed E-state index contributed by atoms with van der Waals surface area (Å²) in [6, 6.07) is 9.43. The Bertz CT molecular complexity index is 328. The van der Waals surface area contributed by atoms with E-state index in [1.165, 1.54) is 17.5 Å². The van der Waals surface area contributed by atoms with Gasteiger partial charge in [0.05, 0.1) is 0 Å². The summed E-state index contributed by atoms with van der Waals surface area (Å²) in [6.45, 7) is 12.3. The monoisotopic (exact) mass is 219 g/mol. The number of hydrogen-bond acceptors (Lipinski definition) is 1. The molecule has 1 aromatic carbocycles.